The second kappa shape index (κ2) is 13.4. The highest BCUT2D eigenvalue weighted by Crippen LogP contribution is 2.32. The molecule has 200 valence electrons. The molecule has 0 radical (unpaired) electrons. The van der Waals surface area contributed by atoms with Crippen molar-refractivity contribution in [3.8, 4) is 0 Å². The summed E-state index contributed by atoms with van der Waals surface area (Å²) in [5, 5.41) is 6.25. The zero-order valence-electron chi connectivity index (χ0n) is 22.8. The first kappa shape index (κ1) is 27.6. The molecule has 1 heterocycles. The molecule has 0 unspecified atom stereocenters. The summed E-state index contributed by atoms with van der Waals surface area (Å²) in [5.74, 6) is 0.644. The number of hydrogen-bond donors (Lipinski definition) is 2. The van der Waals surface area contributed by atoms with Crippen LogP contribution in [0, 0.1) is 0 Å². The summed E-state index contributed by atoms with van der Waals surface area (Å²) in [6, 6.07) is 28.4. The third kappa shape index (κ3) is 6.90. The van der Waals surface area contributed by atoms with E-state index in [0.717, 1.165) is 62.1 Å². The van der Waals surface area contributed by atoms with Crippen molar-refractivity contribution in [1.29, 1.82) is 0 Å². The highest BCUT2D eigenvalue weighted by Gasteiger charge is 2.36. The van der Waals surface area contributed by atoms with Crippen LogP contribution in [0.2, 0.25) is 0 Å². The number of hydrogen-bond acceptors (Lipinski definition) is 3. The molecule has 0 atom stereocenters. The maximum Gasteiger partial charge on any atom is 0.234 e. The van der Waals surface area contributed by atoms with Gasteiger partial charge in [-0.25, -0.2) is 0 Å². The van der Waals surface area contributed by atoms with Crippen LogP contribution in [-0.2, 0) is 15.0 Å². The fraction of sp³-hybridized carbons (Fsp3) is 0.394. The predicted octanol–water partition coefficient (Wildman–Crippen LogP) is 6.12. The highest BCUT2D eigenvalue weighted by molar-refractivity contribution is 5.91. The number of likely N-dealkylation sites (tertiary alicyclic amines) is 1. The molecular formula is C33H41N3O2. The molecule has 38 heavy (non-hydrogen) atoms. The number of rotatable bonds is 11. The van der Waals surface area contributed by atoms with Crippen molar-refractivity contribution in [3.63, 3.8) is 0 Å². The van der Waals surface area contributed by atoms with Gasteiger partial charge in [-0.1, -0.05) is 79.7 Å². The molecule has 1 aliphatic rings. The second-order valence-electron chi connectivity index (χ2n) is 10.5. The lowest BCUT2D eigenvalue weighted by Gasteiger charge is -2.33. The molecule has 5 nitrogen and oxygen atoms in total. The van der Waals surface area contributed by atoms with Crippen molar-refractivity contribution >= 4 is 17.5 Å². The lowest BCUT2D eigenvalue weighted by Crippen LogP contribution is -2.44. The van der Waals surface area contributed by atoms with Crippen LogP contribution < -0.4 is 10.6 Å². The summed E-state index contributed by atoms with van der Waals surface area (Å²) in [5.41, 5.74) is 3.48. The summed E-state index contributed by atoms with van der Waals surface area (Å²) >= 11 is 0. The number of amides is 2. The van der Waals surface area contributed by atoms with Gasteiger partial charge in [0.1, 0.15) is 0 Å². The monoisotopic (exact) mass is 511 g/mol. The fourth-order valence-corrected chi connectivity index (χ4v) is 5.46. The standard InChI is InChI=1S/C33H41N3O2/c1-3-12-31(37)35-30-18-10-13-27(25-30)26-19-23-36(24-20-26)22-11-21-34-32(38)33(2,28-14-6-4-7-15-28)29-16-8-5-9-17-29/h4-10,13-18,25-26H,3,11-12,19-24H2,1-2H3,(H,34,38)(H,35,37). The summed E-state index contributed by atoms with van der Waals surface area (Å²) in [7, 11) is 0. The van der Waals surface area contributed by atoms with Crippen molar-refractivity contribution in [2.75, 3.05) is 31.5 Å². The van der Waals surface area contributed by atoms with Crippen molar-refractivity contribution in [2.45, 2.75) is 57.3 Å². The molecule has 0 bridgehead atoms. The van der Waals surface area contributed by atoms with E-state index in [1.807, 2.05) is 86.6 Å². The molecule has 3 aromatic rings. The van der Waals surface area contributed by atoms with Crippen LogP contribution in [0.25, 0.3) is 0 Å². The third-order valence-electron chi connectivity index (χ3n) is 7.80. The van der Waals surface area contributed by atoms with Gasteiger partial charge in [-0.15, -0.1) is 0 Å². The lowest BCUT2D eigenvalue weighted by molar-refractivity contribution is -0.124. The van der Waals surface area contributed by atoms with Gasteiger partial charge in [0.05, 0.1) is 5.41 Å². The Morgan fingerprint density at radius 1 is 0.895 bits per heavy atom. The molecule has 3 aromatic carbocycles. The Morgan fingerprint density at radius 2 is 1.53 bits per heavy atom. The summed E-state index contributed by atoms with van der Waals surface area (Å²) in [6.07, 6.45) is 4.56. The number of carbonyl (C=O) groups excluding carboxylic acids is 2. The van der Waals surface area contributed by atoms with Crippen LogP contribution in [0.1, 0.15) is 68.6 Å². The SMILES string of the molecule is CCCC(=O)Nc1cccc(C2CCN(CCCNC(=O)C(C)(c3ccccc3)c3ccccc3)CC2)c1. The Balaban J connectivity index is 1.25. The van der Waals surface area contributed by atoms with Crippen LogP contribution in [0.5, 0.6) is 0 Å². The fourth-order valence-electron chi connectivity index (χ4n) is 5.46. The minimum absolute atomic E-state index is 0.0412. The Labute approximate surface area is 227 Å². The first-order chi connectivity index (χ1) is 18.5. The smallest absolute Gasteiger partial charge is 0.234 e. The van der Waals surface area contributed by atoms with Crippen LogP contribution in [0.15, 0.2) is 84.9 Å². The molecule has 0 saturated carbocycles. The van der Waals surface area contributed by atoms with Gasteiger partial charge in [-0.2, -0.15) is 0 Å². The van der Waals surface area contributed by atoms with E-state index in [9.17, 15) is 9.59 Å². The zero-order valence-corrected chi connectivity index (χ0v) is 22.8. The van der Waals surface area contributed by atoms with Crippen molar-refractivity contribution < 1.29 is 9.59 Å². The minimum Gasteiger partial charge on any atom is -0.355 e. The predicted molar refractivity (Wildman–Crippen MR) is 155 cm³/mol. The van der Waals surface area contributed by atoms with E-state index >= 15 is 0 Å². The van der Waals surface area contributed by atoms with Gasteiger partial charge in [-0.05, 0) is 87.0 Å². The Kier molecular flexibility index (Phi) is 9.72. The lowest BCUT2D eigenvalue weighted by atomic mass is 9.75. The van der Waals surface area contributed by atoms with Gasteiger partial charge < -0.3 is 15.5 Å². The summed E-state index contributed by atoms with van der Waals surface area (Å²) in [4.78, 5) is 28.0. The minimum atomic E-state index is -0.731. The van der Waals surface area contributed by atoms with E-state index in [4.69, 9.17) is 0 Å². The zero-order chi connectivity index (χ0) is 26.8. The van der Waals surface area contributed by atoms with E-state index in [2.05, 4.69) is 27.7 Å². The molecule has 5 heteroatoms. The van der Waals surface area contributed by atoms with Gasteiger partial charge in [0.25, 0.3) is 0 Å². The number of carbonyl (C=O) groups is 2. The normalized spacial score (nSPS) is 14.7. The van der Waals surface area contributed by atoms with Crippen molar-refractivity contribution in [2.24, 2.45) is 0 Å². The molecular weight excluding hydrogens is 470 g/mol. The van der Waals surface area contributed by atoms with E-state index in [0.29, 0.717) is 18.9 Å². The number of benzene rings is 3. The molecule has 1 aliphatic heterocycles. The Hall–Kier alpha value is -3.44. The average molecular weight is 512 g/mol. The van der Waals surface area contributed by atoms with E-state index in [1.165, 1.54) is 5.56 Å². The van der Waals surface area contributed by atoms with Gasteiger partial charge in [-0.3, -0.25) is 9.59 Å². The van der Waals surface area contributed by atoms with E-state index in [1.54, 1.807) is 0 Å². The van der Waals surface area contributed by atoms with Gasteiger partial charge in [0.2, 0.25) is 11.8 Å². The largest absolute Gasteiger partial charge is 0.355 e. The van der Waals surface area contributed by atoms with E-state index in [-0.39, 0.29) is 11.8 Å². The van der Waals surface area contributed by atoms with Crippen molar-refractivity contribution in [3.05, 3.63) is 102 Å². The molecule has 1 fully saturated rings. The van der Waals surface area contributed by atoms with Crippen LogP contribution in [0.3, 0.4) is 0 Å². The molecule has 2 amide bonds. The third-order valence-corrected chi connectivity index (χ3v) is 7.80. The molecule has 2 N–H and O–H groups in total. The van der Waals surface area contributed by atoms with Crippen molar-refractivity contribution in [1.82, 2.24) is 10.2 Å². The van der Waals surface area contributed by atoms with Crippen LogP contribution in [0.4, 0.5) is 5.69 Å². The second-order valence-corrected chi connectivity index (χ2v) is 10.5. The topological polar surface area (TPSA) is 61.4 Å². The number of anilines is 1. The molecule has 4 rings (SSSR count). The maximum atomic E-state index is 13.5. The van der Waals surface area contributed by atoms with Gasteiger partial charge in [0.15, 0.2) is 0 Å². The molecule has 0 aromatic heterocycles. The van der Waals surface area contributed by atoms with Crippen LogP contribution in [-0.4, -0.2) is 42.9 Å². The first-order valence-electron chi connectivity index (χ1n) is 14.0. The highest BCUT2D eigenvalue weighted by atomic mass is 16.2. The summed E-state index contributed by atoms with van der Waals surface area (Å²) in [6.45, 7) is 7.78. The van der Waals surface area contributed by atoms with Gasteiger partial charge >= 0.3 is 0 Å². The van der Waals surface area contributed by atoms with Crippen LogP contribution >= 0.6 is 0 Å². The summed E-state index contributed by atoms with van der Waals surface area (Å²) < 4.78 is 0. The quantitative estimate of drug-likeness (QED) is 0.305. The molecule has 0 aliphatic carbocycles. The number of piperidine rings is 1. The molecule has 0 spiro atoms. The first-order valence-corrected chi connectivity index (χ1v) is 14.0. The Bertz CT molecular complexity index is 1130. The molecule has 1 saturated heterocycles. The van der Waals surface area contributed by atoms with Gasteiger partial charge in [0, 0.05) is 18.7 Å². The van der Waals surface area contributed by atoms with E-state index < -0.39 is 5.41 Å². The average Bonchev–Trinajstić information content (AvgIpc) is 2.96. The number of nitrogens with one attached hydrogen (secondary N) is 2. The Morgan fingerprint density at radius 3 is 2.13 bits per heavy atom. The number of nitrogens with zero attached hydrogens (tertiary/aromatic N) is 1. The maximum absolute atomic E-state index is 13.5.